The van der Waals surface area contributed by atoms with Gasteiger partial charge in [0.25, 0.3) is 0 Å². The number of carbonyl (C=O) groups excluding carboxylic acids is 2. The summed E-state index contributed by atoms with van der Waals surface area (Å²) in [5.41, 5.74) is 0. The van der Waals surface area contributed by atoms with Crippen LogP contribution >= 0.6 is 0 Å². The van der Waals surface area contributed by atoms with Crippen molar-refractivity contribution in [2.24, 2.45) is 0 Å². The molecule has 0 bridgehead atoms. The molecule has 0 rings (SSSR count). The fourth-order valence-corrected chi connectivity index (χ4v) is 2.02. The number of terminal acetylenes is 1. The van der Waals surface area contributed by atoms with E-state index in [1.54, 1.807) is 6.92 Å². The highest BCUT2D eigenvalue weighted by molar-refractivity contribution is 5.91. The molecule has 4 nitrogen and oxygen atoms in total. The molecule has 0 N–H and O–H groups in total. The third-order valence-electron chi connectivity index (χ3n) is 3.38. The van der Waals surface area contributed by atoms with Gasteiger partial charge in [-0.25, -0.2) is 9.59 Å². The van der Waals surface area contributed by atoms with E-state index in [0.29, 0.717) is 6.61 Å². The lowest BCUT2D eigenvalue weighted by Crippen LogP contribution is -2.11. The number of esters is 2. The summed E-state index contributed by atoms with van der Waals surface area (Å²) in [4.78, 5) is 22.6. The summed E-state index contributed by atoms with van der Waals surface area (Å²) in [6.45, 7) is 4.18. The molecule has 1 unspecified atom stereocenters. The quantitative estimate of drug-likeness (QED) is 0.221. The Kier molecular flexibility index (Phi) is 14.0. The van der Waals surface area contributed by atoms with Crippen molar-refractivity contribution in [1.29, 1.82) is 0 Å². The van der Waals surface area contributed by atoms with Crippen molar-refractivity contribution in [1.82, 2.24) is 0 Å². The molecular weight excluding hydrogens is 292 g/mol. The van der Waals surface area contributed by atoms with Crippen LogP contribution in [0.4, 0.5) is 0 Å². The van der Waals surface area contributed by atoms with Crippen molar-refractivity contribution in [3.8, 4) is 12.3 Å². The fraction of sp³-hybridized carbons (Fsp3) is 0.684. The third-order valence-corrected chi connectivity index (χ3v) is 3.38. The second-order valence-electron chi connectivity index (χ2n) is 5.58. The number of hydrogen-bond donors (Lipinski definition) is 0. The van der Waals surface area contributed by atoms with E-state index in [4.69, 9.17) is 15.9 Å². The lowest BCUT2D eigenvalue weighted by atomic mass is 10.1. The molecule has 130 valence electrons. The molecule has 0 aliphatic rings. The van der Waals surface area contributed by atoms with E-state index in [-0.39, 0.29) is 0 Å². The Morgan fingerprint density at radius 2 is 1.48 bits per heavy atom. The van der Waals surface area contributed by atoms with Crippen molar-refractivity contribution in [2.75, 3.05) is 6.61 Å². The van der Waals surface area contributed by atoms with E-state index in [1.807, 2.05) is 0 Å². The van der Waals surface area contributed by atoms with Gasteiger partial charge in [0.1, 0.15) is 0 Å². The molecule has 0 saturated heterocycles. The molecular formula is C19H30O4. The molecule has 0 heterocycles. The van der Waals surface area contributed by atoms with Crippen LogP contribution in [0.2, 0.25) is 0 Å². The highest BCUT2D eigenvalue weighted by Crippen LogP contribution is 2.09. The Bertz CT molecular complexity index is 393. The average molecular weight is 322 g/mol. The predicted octanol–water partition coefficient (Wildman–Crippen LogP) is 4.18. The smallest absolute Gasteiger partial charge is 0.332 e. The van der Waals surface area contributed by atoms with E-state index in [2.05, 4.69) is 12.8 Å². The molecule has 0 aromatic heterocycles. The molecule has 0 amide bonds. The summed E-state index contributed by atoms with van der Waals surface area (Å²) in [6, 6.07) is 0. The highest BCUT2D eigenvalue weighted by Gasteiger charge is 2.04. The number of carbonyl (C=O) groups is 2. The topological polar surface area (TPSA) is 52.6 Å². The van der Waals surface area contributed by atoms with Crippen LogP contribution in [0.5, 0.6) is 0 Å². The Morgan fingerprint density at radius 3 is 2.04 bits per heavy atom. The molecule has 0 aliphatic carbocycles. The van der Waals surface area contributed by atoms with Gasteiger partial charge in [0.2, 0.25) is 0 Å². The molecule has 0 fully saturated rings. The maximum Gasteiger partial charge on any atom is 0.332 e. The molecule has 0 aromatic carbocycles. The summed E-state index contributed by atoms with van der Waals surface area (Å²) >= 11 is 0. The van der Waals surface area contributed by atoms with Gasteiger partial charge in [0.15, 0.2) is 6.10 Å². The highest BCUT2D eigenvalue weighted by atomic mass is 16.5. The van der Waals surface area contributed by atoms with Crippen LogP contribution in [-0.2, 0) is 19.1 Å². The lowest BCUT2D eigenvalue weighted by Gasteiger charge is -2.04. The summed E-state index contributed by atoms with van der Waals surface area (Å²) < 4.78 is 9.79. The van der Waals surface area contributed by atoms with E-state index in [9.17, 15) is 9.59 Å². The van der Waals surface area contributed by atoms with Gasteiger partial charge < -0.3 is 9.47 Å². The van der Waals surface area contributed by atoms with Crippen molar-refractivity contribution >= 4 is 11.9 Å². The van der Waals surface area contributed by atoms with Gasteiger partial charge in [0, 0.05) is 12.2 Å². The number of hydrogen-bond acceptors (Lipinski definition) is 4. The van der Waals surface area contributed by atoms with Crippen LogP contribution in [0.25, 0.3) is 0 Å². The van der Waals surface area contributed by atoms with Gasteiger partial charge in [-0.15, -0.1) is 6.42 Å². The summed E-state index contributed by atoms with van der Waals surface area (Å²) in [7, 11) is 0. The maximum absolute atomic E-state index is 11.4. The molecule has 0 aliphatic heterocycles. The van der Waals surface area contributed by atoms with Crippen LogP contribution < -0.4 is 0 Å². The largest absolute Gasteiger partial charge is 0.463 e. The van der Waals surface area contributed by atoms with Crippen molar-refractivity contribution < 1.29 is 19.1 Å². The number of rotatable bonds is 13. The zero-order valence-corrected chi connectivity index (χ0v) is 14.5. The Labute approximate surface area is 140 Å². The molecule has 0 aromatic rings. The van der Waals surface area contributed by atoms with Crippen LogP contribution in [0.3, 0.4) is 0 Å². The summed E-state index contributed by atoms with van der Waals surface area (Å²) in [6.07, 6.45) is 17.5. The fourth-order valence-electron chi connectivity index (χ4n) is 2.02. The van der Waals surface area contributed by atoms with Crippen molar-refractivity contribution in [3.05, 3.63) is 12.2 Å². The van der Waals surface area contributed by atoms with Crippen molar-refractivity contribution in [2.45, 2.75) is 77.7 Å². The van der Waals surface area contributed by atoms with Gasteiger partial charge in [-0.2, -0.15) is 0 Å². The van der Waals surface area contributed by atoms with E-state index in [1.165, 1.54) is 44.9 Å². The monoisotopic (exact) mass is 322 g/mol. The first-order chi connectivity index (χ1) is 11.1. The van der Waals surface area contributed by atoms with Crippen LogP contribution in [0, 0.1) is 12.3 Å². The molecule has 0 radical (unpaired) electrons. The van der Waals surface area contributed by atoms with Crippen molar-refractivity contribution in [3.63, 3.8) is 0 Å². The van der Waals surface area contributed by atoms with E-state index < -0.39 is 18.0 Å². The van der Waals surface area contributed by atoms with Crippen LogP contribution in [0.1, 0.15) is 71.6 Å². The Morgan fingerprint density at radius 1 is 0.957 bits per heavy atom. The molecule has 4 heteroatoms. The number of unbranched alkanes of at least 4 members (excludes halogenated alkanes) is 8. The first-order valence-electron chi connectivity index (χ1n) is 8.61. The van der Waals surface area contributed by atoms with E-state index in [0.717, 1.165) is 25.0 Å². The minimum absolute atomic E-state index is 0.384. The van der Waals surface area contributed by atoms with Gasteiger partial charge in [0.05, 0.1) is 6.61 Å². The third kappa shape index (κ3) is 14.9. The van der Waals surface area contributed by atoms with Gasteiger partial charge in [-0.3, -0.25) is 0 Å². The molecule has 0 spiro atoms. The molecule has 1 atom stereocenters. The first-order valence-corrected chi connectivity index (χ1v) is 8.61. The summed E-state index contributed by atoms with van der Waals surface area (Å²) in [5, 5.41) is 0. The average Bonchev–Trinajstić information content (AvgIpc) is 2.54. The SMILES string of the molecule is C#CC(C)OC(=O)/C=C/C(=O)OCCCCCCCCCCC. The normalized spacial score (nSPS) is 11.9. The van der Waals surface area contributed by atoms with Crippen LogP contribution in [-0.4, -0.2) is 24.6 Å². The molecule has 0 saturated carbocycles. The predicted molar refractivity (Wildman–Crippen MR) is 91.7 cm³/mol. The molecule has 23 heavy (non-hydrogen) atoms. The lowest BCUT2D eigenvalue weighted by molar-refractivity contribution is -0.141. The van der Waals surface area contributed by atoms with Gasteiger partial charge >= 0.3 is 11.9 Å². The Hall–Kier alpha value is -1.76. The zero-order chi connectivity index (χ0) is 17.3. The van der Waals surface area contributed by atoms with Crippen LogP contribution in [0.15, 0.2) is 12.2 Å². The van der Waals surface area contributed by atoms with Gasteiger partial charge in [-0.05, 0) is 13.3 Å². The Balaban J connectivity index is 3.50. The minimum atomic E-state index is -0.643. The minimum Gasteiger partial charge on any atom is -0.463 e. The summed E-state index contributed by atoms with van der Waals surface area (Å²) in [5.74, 6) is 1.09. The second kappa shape index (κ2) is 15.1. The number of ether oxygens (including phenoxy) is 2. The zero-order valence-electron chi connectivity index (χ0n) is 14.5. The van der Waals surface area contributed by atoms with Gasteiger partial charge in [-0.1, -0.05) is 64.2 Å². The standard InChI is InChI=1S/C19H30O4/c1-4-6-7-8-9-10-11-12-13-16-22-18(20)14-15-19(21)23-17(3)5-2/h2,14-15,17H,4,6-13,16H2,1,3H3/b15-14+. The maximum atomic E-state index is 11.4. The van der Waals surface area contributed by atoms with E-state index >= 15 is 0 Å². The first kappa shape index (κ1) is 21.2. The second-order valence-corrected chi connectivity index (χ2v) is 5.58.